The van der Waals surface area contributed by atoms with Gasteiger partial charge in [0, 0.05) is 40.3 Å². The van der Waals surface area contributed by atoms with Gasteiger partial charge in [-0.2, -0.15) is 5.10 Å². The summed E-state index contributed by atoms with van der Waals surface area (Å²) in [6.45, 7) is 9.95. The average Bonchev–Trinajstić information content (AvgIpc) is 3.11. The average molecular weight is 562 g/mol. The predicted molar refractivity (Wildman–Crippen MR) is 152 cm³/mol. The maximum absolute atomic E-state index is 13.1. The summed E-state index contributed by atoms with van der Waals surface area (Å²) in [7, 11) is 2.06. The maximum atomic E-state index is 13.1. The number of nitrogens with one attached hydrogen (secondary N) is 1. The normalized spacial score (nSPS) is 13.8. The minimum absolute atomic E-state index is 0. The minimum Gasteiger partial charge on any atom is -0.363 e. The Balaban J connectivity index is 0.00000380. The fourth-order valence-electron chi connectivity index (χ4n) is 4.03. The molecular formula is C28H31Cl3N4O2. The van der Waals surface area contributed by atoms with Gasteiger partial charge in [0.25, 0.3) is 5.91 Å². The first-order valence-electron chi connectivity index (χ1n) is 11.8. The van der Waals surface area contributed by atoms with Crippen molar-refractivity contribution in [2.24, 2.45) is 0 Å². The van der Waals surface area contributed by atoms with Gasteiger partial charge in [0.1, 0.15) is 6.61 Å². The topological polar surface area (TPSA) is 59.4 Å². The molecule has 0 atom stereocenters. The molecular weight excluding hydrogens is 531 g/mol. The molecule has 0 aliphatic carbocycles. The smallest absolute Gasteiger partial charge is 0.272 e. The highest BCUT2D eigenvalue weighted by molar-refractivity contribution is 6.32. The monoisotopic (exact) mass is 560 g/mol. The minimum atomic E-state index is -0.399. The van der Waals surface area contributed by atoms with Gasteiger partial charge in [-0.15, -0.1) is 12.4 Å². The Labute approximate surface area is 234 Å². The summed E-state index contributed by atoms with van der Waals surface area (Å²) in [5.74, 6) is 5.92. The molecule has 1 saturated heterocycles. The van der Waals surface area contributed by atoms with Crippen molar-refractivity contribution in [1.29, 1.82) is 0 Å². The van der Waals surface area contributed by atoms with Gasteiger partial charge >= 0.3 is 0 Å². The van der Waals surface area contributed by atoms with Gasteiger partial charge in [-0.25, -0.2) is 4.68 Å². The van der Waals surface area contributed by atoms with Crippen LogP contribution in [-0.2, 0) is 4.74 Å². The van der Waals surface area contributed by atoms with Crippen molar-refractivity contribution in [2.45, 2.75) is 39.3 Å². The standard InChI is InChI=1S/C28H30Cl2N4O2.ClH/c1-18-25(27(35)31-28(2,3)4)32-34(26(18)20-9-11-21(29)12-10-20)24-13-8-19(15-23(24)30)7-6-14-36-22-16-33(5)17-22;/h8-13,15,22H,14,16-17H2,1-5H3,(H,31,35);1H. The molecule has 196 valence electrons. The molecule has 37 heavy (non-hydrogen) atoms. The lowest BCUT2D eigenvalue weighted by Crippen LogP contribution is -2.49. The highest BCUT2D eigenvalue weighted by Crippen LogP contribution is 2.32. The third-order valence-electron chi connectivity index (χ3n) is 5.77. The number of halogens is 3. The van der Waals surface area contributed by atoms with Gasteiger partial charge in [-0.1, -0.05) is 47.2 Å². The molecule has 6 nitrogen and oxygen atoms in total. The molecule has 1 fully saturated rings. The fourth-order valence-corrected chi connectivity index (χ4v) is 4.42. The SMILES string of the molecule is Cc1c(C(=O)NC(C)(C)C)nn(-c2ccc(C#CCOC3CN(C)C3)cc2Cl)c1-c1ccc(Cl)cc1.Cl. The van der Waals surface area contributed by atoms with E-state index in [2.05, 4.69) is 29.1 Å². The van der Waals surface area contributed by atoms with Crippen molar-refractivity contribution in [1.82, 2.24) is 20.0 Å². The van der Waals surface area contributed by atoms with Crippen LogP contribution in [0.5, 0.6) is 0 Å². The third-order valence-corrected chi connectivity index (χ3v) is 6.33. The summed E-state index contributed by atoms with van der Waals surface area (Å²) in [6, 6.07) is 13.0. The summed E-state index contributed by atoms with van der Waals surface area (Å²) in [4.78, 5) is 15.3. The van der Waals surface area contributed by atoms with E-state index in [1.165, 1.54) is 0 Å². The van der Waals surface area contributed by atoms with E-state index in [1.54, 1.807) is 10.7 Å². The Morgan fingerprint density at radius 2 is 1.84 bits per heavy atom. The zero-order chi connectivity index (χ0) is 26.0. The Kier molecular flexibility index (Phi) is 9.33. The number of likely N-dealkylation sites (N-methyl/N-ethyl adjacent to an activating group) is 1. The molecule has 1 aliphatic rings. The number of nitrogens with zero attached hydrogens (tertiary/aromatic N) is 3. The molecule has 4 rings (SSSR count). The van der Waals surface area contributed by atoms with E-state index >= 15 is 0 Å². The first-order chi connectivity index (χ1) is 17.0. The number of rotatable bonds is 5. The van der Waals surface area contributed by atoms with Crippen LogP contribution in [0, 0.1) is 18.8 Å². The largest absolute Gasteiger partial charge is 0.363 e. The number of benzene rings is 2. The molecule has 3 aromatic rings. The lowest BCUT2D eigenvalue weighted by atomic mass is 10.0. The molecule has 2 heterocycles. The quantitative estimate of drug-likeness (QED) is 0.401. The molecule has 1 aliphatic heterocycles. The van der Waals surface area contributed by atoms with Gasteiger partial charge in [0.2, 0.25) is 0 Å². The van der Waals surface area contributed by atoms with Crippen molar-refractivity contribution in [3.8, 4) is 28.8 Å². The summed E-state index contributed by atoms with van der Waals surface area (Å²) in [5.41, 5.74) is 3.76. The Morgan fingerprint density at radius 1 is 1.16 bits per heavy atom. The fraction of sp³-hybridized carbons (Fsp3) is 0.357. The summed E-state index contributed by atoms with van der Waals surface area (Å²) in [6.07, 6.45) is 0.259. The Bertz CT molecular complexity index is 1330. The van der Waals surface area contributed by atoms with Crippen LogP contribution in [0.1, 0.15) is 42.4 Å². The summed E-state index contributed by atoms with van der Waals surface area (Å²) < 4.78 is 7.44. The van der Waals surface area contributed by atoms with Gasteiger partial charge < -0.3 is 15.0 Å². The number of hydrogen-bond acceptors (Lipinski definition) is 4. The second-order valence-electron chi connectivity index (χ2n) is 10.1. The van der Waals surface area contributed by atoms with Crippen molar-refractivity contribution < 1.29 is 9.53 Å². The first-order valence-corrected chi connectivity index (χ1v) is 12.5. The van der Waals surface area contributed by atoms with Crippen molar-refractivity contribution in [2.75, 3.05) is 26.7 Å². The molecule has 1 N–H and O–H groups in total. The Morgan fingerprint density at radius 3 is 2.43 bits per heavy atom. The van der Waals surface area contributed by atoms with Gasteiger partial charge in [0.15, 0.2) is 5.69 Å². The molecule has 9 heteroatoms. The highest BCUT2D eigenvalue weighted by Gasteiger charge is 2.26. The number of ether oxygens (including phenoxy) is 1. The van der Waals surface area contributed by atoms with Crippen LogP contribution in [0.3, 0.4) is 0 Å². The van der Waals surface area contributed by atoms with E-state index in [0.29, 0.717) is 28.0 Å². The Hall–Kier alpha value is -2.53. The highest BCUT2D eigenvalue weighted by atomic mass is 35.5. The van der Waals surface area contributed by atoms with Gasteiger partial charge in [-0.05, 0) is 65.1 Å². The van der Waals surface area contributed by atoms with Crippen molar-refractivity contribution in [3.63, 3.8) is 0 Å². The van der Waals surface area contributed by atoms with E-state index < -0.39 is 5.54 Å². The molecule has 0 unspecified atom stereocenters. The molecule has 0 spiro atoms. The van der Waals surface area contributed by atoms with Gasteiger partial charge in [0.05, 0.1) is 22.5 Å². The van der Waals surface area contributed by atoms with Crippen LogP contribution in [0.25, 0.3) is 16.9 Å². The lowest BCUT2D eigenvalue weighted by molar-refractivity contribution is -0.0294. The van der Waals surface area contributed by atoms with Crippen molar-refractivity contribution >= 4 is 41.5 Å². The number of carbonyl (C=O) groups is 1. The molecule has 2 aromatic carbocycles. The molecule has 0 saturated carbocycles. The second kappa shape index (κ2) is 11.9. The number of aromatic nitrogens is 2. The maximum Gasteiger partial charge on any atom is 0.272 e. The van der Waals surface area contributed by atoms with Crippen LogP contribution in [0.15, 0.2) is 42.5 Å². The molecule has 1 amide bonds. The number of amides is 1. The van der Waals surface area contributed by atoms with Crippen molar-refractivity contribution in [3.05, 3.63) is 69.3 Å². The number of carbonyl (C=O) groups excluding carboxylic acids is 1. The van der Waals surface area contributed by atoms with E-state index in [-0.39, 0.29) is 24.4 Å². The molecule has 0 radical (unpaired) electrons. The van der Waals surface area contributed by atoms with E-state index in [9.17, 15) is 4.79 Å². The predicted octanol–water partition coefficient (Wildman–Crippen LogP) is 5.79. The van der Waals surface area contributed by atoms with E-state index in [1.807, 2.05) is 64.1 Å². The van der Waals surface area contributed by atoms with E-state index in [0.717, 1.165) is 35.5 Å². The number of likely N-dealkylation sites (tertiary alicyclic amines) is 1. The second-order valence-corrected chi connectivity index (χ2v) is 10.9. The molecule has 0 bridgehead atoms. The third kappa shape index (κ3) is 7.07. The summed E-state index contributed by atoms with van der Waals surface area (Å²) >= 11 is 12.8. The van der Waals surface area contributed by atoms with E-state index in [4.69, 9.17) is 33.0 Å². The first kappa shape index (κ1) is 29.0. The van der Waals surface area contributed by atoms with Crippen LogP contribution in [-0.4, -0.2) is 59.0 Å². The van der Waals surface area contributed by atoms with Crippen LogP contribution < -0.4 is 5.32 Å². The van der Waals surface area contributed by atoms with Gasteiger partial charge in [-0.3, -0.25) is 4.79 Å². The lowest BCUT2D eigenvalue weighted by Gasteiger charge is -2.35. The zero-order valence-corrected chi connectivity index (χ0v) is 23.9. The van der Waals surface area contributed by atoms with Crippen LogP contribution >= 0.6 is 35.6 Å². The molecule has 1 aromatic heterocycles. The van der Waals surface area contributed by atoms with Crippen LogP contribution in [0.4, 0.5) is 0 Å². The summed E-state index contributed by atoms with van der Waals surface area (Å²) in [5, 5.41) is 8.80. The zero-order valence-electron chi connectivity index (χ0n) is 21.6. The van der Waals surface area contributed by atoms with Crippen LogP contribution in [0.2, 0.25) is 10.0 Å². The number of hydrogen-bond donors (Lipinski definition) is 1.